The molecule has 1 amide bonds. The monoisotopic (exact) mass is 526 g/mol. The molecule has 0 fully saturated rings. The zero-order valence-corrected chi connectivity index (χ0v) is 22.0. The second-order valence-electron chi connectivity index (χ2n) is 8.68. The third-order valence-corrected chi connectivity index (χ3v) is 7.47. The fourth-order valence-corrected chi connectivity index (χ4v) is 5.26. The number of hydrogen-bond acceptors (Lipinski definition) is 5. The van der Waals surface area contributed by atoms with Gasteiger partial charge in [-0.3, -0.25) is 4.79 Å². The number of rotatable bonds is 5. The molecule has 0 aliphatic heterocycles. The van der Waals surface area contributed by atoms with Crippen molar-refractivity contribution < 1.29 is 14.3 Å². The van der Waals surface area contributed by atoms with Gasteiger partial charge in [0.15, 0.2) is 0 Å². The molecular weight excluding hydrogens is 504 g/mol. The molecule has 7 heteroatoms. The Balaban J connectivity index is 1.58. The molecule has 184 valence electrons. The molecule has 0 unspecified atom stereocenters. The zero-order valence-electron chi connectivity index (χ0n) is 20.5. The lowest BCUT2D eigenvalue weighted by Gasteiger charge is -2.12. The van der Waals surface area contributed by atoms with Crippen LogP contribution in [0.3, 0.4) is 0 Å². The van der Waals surface area contributed by atoms with Crippen LogP contribution in [0.4, 0.5) is 5.00 Å². The van der Waals surface area contributed by atoms with Crippen molar-refractivity contribution in [2.24, 2.45) is 0 Å². The number of amides is 1. The lowest BCUT2D eigenvalue weighted by atomic mass is 10.0. The Bertz CT molecular complexity index is 1660. The topological polar surface area (TPSA) is 68.3 Å². The summed E-state index contributed by atoms with van der Waals surface area (Å²) in [6.45, 7) is 4.11. The Morgan fingerprint density at radius 3 is 2.38 bits per heavy atom. The third kappa shape index (κ3) is 4.86. The number of halogens is 1. The van der Waals surface area contributed by atoms with Crippen molar-refractivity contribution in [1.82, 2.24) is 4.98 Å². The molecule has 5 rings (SSSR count). The van der Waals surface area contributed by atoms with Gasteiger partial charge in [-0.05, 0) is 60.9 Å². The molecule has 0 saturated carbocycles. The van der Waals surface area contributed by atoms with E-state index in [1.807, 2.05) is 53.9 Å². The molecule has 37 heavy (non-hydrogen) atoms. The summed E-state index contributed by atoms with van der Waals surface area (Å²) in [7, 11) is 1.32. The van der Waals surface area contributed by atoms with E-state index in [0.717, 1.165) is 22.1 Å². The minimum atomic E-state index is -0.531. The number of aromatic nitrogens is 1. The van der Waals surface area contributed by atoms with Gasteiger partial charge in [0.1, 0.15) is 10.6 Å². The summed E-state index contributed by atoms with van der Waals surface area (Å²) < 4.78 is 5.06. The van der Waals surface area contributed by atoms with E-state index in [2.05, 4.69) is 25.2 Å². The highest BCUT2D eigenvalue weighted by Gasteiger charge is 2.24. The smallest absolute Gasteiger partial charge is 0.341 e. The van der Waals surface area contributed by atoms with Crippen molar-refractivity contribution in [3.05, 3.63) is 105 Å². The molecule has 0 aliphatic rings. The van der Waals surface area contributed by atoms with Crippen molar-refractivity contribution in [3.63, 3.8) is 0 Å². The van der Waals surface area contributed by atoms with Crippen molar-refractivity contribution >= 4 is 50.7 Å². The van der Waals surface area contributed by atoms with E-state index >= 15 is 0 Å². The van der Waals surface area contributed by atoms with Gasteiger partial charge < -0.3 is 10.1 Å². The first-order valence-electron chi connectivity index (χ1n) is 11.6. The molecule has 0 bridgehead atoms. The molecule has 2 aromatic heterocycles. The Hall–Kier alpha value is -4.00. The second-order valence-corrected chi connectivity index (χ2v) is 9.99. The van der Waals surface area contributed by atoms with Crippen LogP contribution in [0.25, 0.3) is 33.3 Å². The van der Waals surface area contributed by atoms with Crippen LogP contribution in [0.15, 0.2) is 78.2 Å². The number of anilines is 1. The number of pyridine rings is 1. The number of fused-ring (bicyclic) bond motifs is 1. The minimum absolute atomic E-state index is 0.302. The third-order valence-electron chi connectivity index (χ3n) is 6.33. The van der Waals surface area contributed by atoms with Crippen LogP contribution in [0.2, 0.25) is 5.02 Å². The second kappa shape index (κ2) is 10.2. The molecule has 0 atom stereocenters. The maximum absolute atomic E-state index is 13.7. The van der Waals surface area contributed by atoms with E-state index in [1.54, 1.807) is 18.2 Å². The van der Waals surface area contributed by atoms with Crippen LogP contribution in [0.1, 0.15) is 31.8 Å². The number of benzene rings is 3. The number of esters is 1. The SMILES string of the molecule is COC(=O)c1c(-c2ccc(Cl)cc2)csc1NC(=O)c1cc(-c2ccc(C)c(C)c2)nc2ccccc12. The van der Waals surface area contributed by atoms with E-state index < -0.39 is 5.97 Å². The first-order valence-corrected chi connectivity index (χ1v) is 12.9. The van der Waals surface area contributed by atoms with Gasteiger partial charge in [-0.1, -0.05) is 54.1 Å². The highest BCUT2D eigenvalue weighted by molar-refractivity contribution is 7.15. The predicted octanol–water partition coefficient (Wildman–Crippen LogP) is 7.94. The number of para-hydroxylation sites is 1. The maximum Gasteiger partial charge on any atom is 0.341 e. The minimum Gasteiger partial charge on any atom is -0.465 e. The van der Waals surface area contributed by atoms with Crippen LogP contribution in [-0.2, 0) is 4.74 Å². The van der Waals surface area contributed by atoms with Crippen LogP contribution >= 0.6 is 22.9 Å². The number of nitrogens with one attached hydrogen (secondary N) is 1. The number of nitrogens with zero attached hydrogens (tertiary/aromatic N) is 1. The van der Waals surface area contributed by atoms with Gasteiger partial charge in [0, 0.05) is 26.9 Å². The van der Waals surface area contributed by atoms with Gasteiger partial charge in [0.05, 0.1) is 23.9 Å². The fourth-order valence-electron chi connectivity index (χ4n) is 4.18. The summed E-state index contributed by atoms with van der Waals surface area (Å²) in [6.07, 6.45) is 0. The largest absolute Gasteiger partial charge is 0.465 e. The lowest BCUT2D eigenvalue weighted by molar-refractivity contribution is 0.0603. The maximum atomic E-state index is 13.7. The number of hydrogen-bond donors (Lipinski definition) is 1. The van der Waals surface area contributed by atoms with Crippen LogP contribution in [0.5, 0.6) is 0 Å². The van der Waals surface area contributed by atoms with Gasteiger partial charge in [-0.25, -0.2) is 9.78 Å². The van der Waals surface area contributed by atoms with Crippen molar-refractivity contribution in [2.45, 2.75) is 13.8 Å². The van der Waals surface area contributed by atoms with Crippen LogP contribution in [0, 0.1) is 13.8 Å². The fraction of sp³-hybridized carbons (Fsp3) is 0.100. The first-order chi connectivity index (χ1) is 17.9. The number of methoxy groups -OCH3 is 1. The van der Waals surface area contributed by atoms with Gasteiger partial charge in [-0.2, -0.15) is 0 Å². The highest BCUT2D eigenvalue weighted by Crippen LogP contribution is 2.37. The van der Waals surface area contributed by atoms with Crippen molar-refractivity contribution in [2.75, 3.05) is 12.4 Å². The Morgan fingerprint density at radius 2 is 1.65 bits per heavy atom. The van der Waals surface area contributed by atoms with E-state index in [0.29, 0.717) is 37.9 Å². The van der Waals surface area contributed by atoms with Crippen LogP contribution < -0.4 is 5.32 Å². The summed E-state index contributed by atoms with van der Waals surface area (Å²) in [5.41, 5.74) is 6.91. The molecule has 5 aromatic rings. The van der Waals surface area contributed by atoms with E-state index in [1.165, 1.54) is 24.0 Å². The predicted molar refractivity (Wildman–Crippen MR) is 151 cm³/mol. The number of carbonyl (C=O) groups excluding carboxylic acids is 2. The summed E-state index contributed by atoms with van der Waals surface area (Å²) in [4.78, 5) is 31.3. The molecular formula is C30H23ClN2O3S. The summed E-state index contributed by atoms with van der Waals surface area (Å²) in [5, 5.41) is 6.52. The first kappa shape index (κ1) is 24.7. The van der Waals surface area contributed by atoms with E-state index in [-0.39, 0.29) is 5.91 Å². The normalized spacial score (nSPS) is 10.9. The van der Waals surface area contributed by atoms with E-state index in [9.17, 15) is 9.59 Å². The summed E-state index contributed by atoms with van der Waals surface area (Å²) in [5.74, 6) is -0.866. The van der Waals surface area contributed by atoms with Gasteiger partial charge in [0.2, 0.25) is 0 Å². The number of thiophene rings is 1. The summed E-state index contributed by atoms with van der Waals surface area (Å²) >= 11 is 7.31. The van der Waals surface area contributed by atoms with Gasteiger partial charge >= 0.3 is 5.97 Å². The molecule has 0 aliphatic carbocycles. The van der Waals surface area contributed by atoms with Gasteiger partial charge in [-0.15, -0.1) is 11.3 Å². The summed E-state index contributed by atoms with van der Waals surface area (Å²) in [6, 6.07) is 22.6. The number of aryl methyl sites for hydroxylation is 2. The Kier molecular flexibility index (Phi) is 6.78. The molecule has 1 N–H and O–H groups in total. The molecule has 0 saturated heterocycles. The molecule has 3 aromatic carbocycles. The van der Waals surface area contributed by atoms with Crippen molar-refractivity contribution in [3.8, 4) is 22.4 Å². The molecule has 2 heterocycles. The Labute approximate surface area is 223 Å². The molecule has 0 spiro atoms. The number of carbonyl (C=O) groups is 2. The van der Waals surface area contributed by atoms with Crippen LogP contribution in [-0.4, -0.2) is 24.0 Å². The zero-order chi connectivity index (χ0) is 26.1. The average Bonchev–Trinajstić information content (AvgIpc) is 3.32. The average molecular weight is 527 g/mol. The lowest BCUT2D eigenvalue weighted by Crippen LogP contribution is -2.15. The van der Waals surface area contributed by atoms with Gasteiger partial charge in [0.25, 0.3) is 5.91 Å². The Morgan fingerprint density at radius 1 is 0.919 bits per heavy atom. The number of ether oxygens (including phenoxy) is 1. The van der Waals surface area contributed by atoms with E-state index in [4.69, 9.17) is 21.3 Å². The molecule has 0 radical (unpaired) electrons. The van der Waals surface area contributed by atoms with Crippen molar-refractivity contribution in [1.29, 1.82) is 0 Å². The molecule has 5 nitrogen and oxygen atoms in total. The standard InChI is InChI=1S/C30H23ClN2O3S/c1-17-8-9-20(14-18(17)2)26-15-23(22-6-4-5-7-25(22)32-26)28(34)33-29-27(30(35)36-3)24(16-37-29)19-10-12-21(31)13-11-19/h4-16H,1-3H3,(H,33,34). The highest BCUT2D eigenvalue weighted by atomic mass is 35.5. The quantitative estimate of drug-likeness (QED) is 0.236.